The van der Waals surface area contributed by atoms with Crippen molar-refractivity contribution in [2.24, 2.45) is 10.6 Å². The zero-order chi connectivity index (χ0) is 10.2. The number of hydrogen-bond acceptors (Lipinski definition) is 3. The molecule has 0 saturated carbocycles. The molecule has 1 aliphatic heterocycles. The Balaban J connectivity index is 2.45. The van der Waals surface area contributed by atoms with Crippen LogP contribution in [0.2, 0.25) is 0 Å². The fraction of sp³-hybridized carbons (Fsp3) is 0.364. The third kappa shape index (κ3) is 1.35. The highest BCUT2D eigenvalue weighted by Crippen LogP contribution is 2.35. The van der Waals surface area contributed by atoms with E-state index < -0.39 is 0 Å². The Labute approximate surface area is 83.0 Å². The summed E-state index contributed by atoms with van der Waals surface area (Å²) in [4.78, 5) is 0. The third-order valence-electron chi connectivity index (χ3n) is 2.48. The number of rotatable bonds is 0. The van der Waals surface area contributed by atoms with Crippen LogP contribution in [0, 0.1) is 5.41 Å². The van der Waals surface area contributed by atoms with Crippen molar-refractivity contribution < 1.29 is 9.94 Å². The molecular formula is C11H13NO2. The average Bonchev–Trinajstić information content (AvgIpc) is 2.15. The quantitative estimate of drug-likeness (QED) is 0.505. The monoisotopic (exact) mass is 191 g/mol. The summed E-state index contributed by atoms with van der Waals surface area (Å²) >= 11 is 0. The molecule has 0 spiro atoms. The fourth-order valence-electron chi connectivity index (χ4n) is 1.70. The number of para-hydroxylation sites is 1. The lowest BCUT2D eigenvalue weighted by atomic mass is 9.83. The summed E-state index contributed by atoms with van der Waals surface area (Å²) in [5.74, 6) is 1.18. The Hall–Kier alpha value is -1.51. The first-order valence-electron chi connectivity index (χ1n) is 4.62. The highest BCUT2D eigenvalue weighted by atomic mass is 16.5. The molecule has 0 amide bonds. The van der Waals surface area contributed by atoms with Gasteiger partial charge in [-0.3, -0.25) is 0 Å². The number of benzene rings is 1. The van der Waals surface area contributed by atoms with E-state index in [9.17, 15) is 0 Å². The first-order valence-corrected chi connectivity index (χ1v) is 4.62. The molecule has 1 heterocycles. The normalized spacial score (nSPS) is 21.4. The fourth-order valence-corrected chi connectivity index (χ4v) is 1.70. The molecule has 2 rings (SSSR count). The molecule has 14 heavy (non-hydrogen) atoms. The van der Waals surface area contributed by atoms with Gasteiger partial charge < -0.3 is 9.94 Å². The van der Waals surface area contributed by atoms with Crippen LogP contribution in [-0.4, -0.2) is 11.1 Å². The van der Waals surface area contributed by atoms with Crippen molar-refractivity contribution in [3.8, 4) is 5.75 Å². The van der Waals surface area contributed by atoms with Crippen LogP contribution in [0.15, 0.2) is 29.4 Å². The van der Waals surface area contributed by atoms with Crippen LogP contribution in [0.3, 0.4) is 0 Å². The number of hydrogen-bond donors (Lipinski definition) is 1. The molecule has 0 fully saturated rings. The largest absolute Gasteiger partial charge is 0.439 e. The molecule has 0 bridgehead atoms. The van der Waals surface area contributed by atoms with Gasteiger partial charge in [0.2, 0.25) is 5.90 Å². The van der Waals surface area contributed by atoms with Gasteiger partial charge >= 0.3 is 0 Å². The van der Waals surface area contributed by atoms with E-state index >= 15 is 0 Å². The van der Waals surface area contributed by atoms with Gasteiger partial charge in [0.25, 0.3) is 0 Å². The molecule has 1 aromatic rings. The molecule has 74 valence electrons. The Bertz CT molecular complexity index is 383. The van der Waals surface area contributed by atoms with Gasteiger partial charge in [0.15, 0.2) is 0 Å². The highest BCUT2D eigenvalue weighted by Gasteiger charge is 2.34. The maximum absolute atomic E-state index is 8.82. The van der Waals surface area contributed by atoms with E-state index in [1.807, 2.05) is 38.1 Å². The summed E-state index contributed by atoms with van der Waals surface area (Å²) in [7, 11) is 0. The Morgan fingerprint density at radius 1 is 1.36 bits per heavy atom. The van der Waals surface area contributed by atoms with Crippen LogP contribution in [0.25, 0.3) is 0 Å². The van der Waals surface area contributed by atoms with E-state index in [4.69, 9.17) is 9.94 Å². The maximum Gasteiger partial charge on any atom is 0.236 e. The van der Waals surface area contributed by atoms with Gasteiger partial charge in [-0.2, -0.15) is 0 Å². The van der Waals surface area contributed by atoms with Gasteiger partial charge in [-0.1, -0.05) is 37.2 Å². The second-order valence-corrected chi connectivity index (χ2v) is 4.18. The smallest absolute Gasteiger partial charge is 0.236 e. The van der Waals surface area contributed by atoms with Gasteiger partial charge in [-0.05, 0) is 18.1 Å². The minimum Gasteiger partial charge on any atom is -0.439 e. The number of ether oxygens (including phenoxy) is 1. The average molecular weight is 191 g/mol. The summed E-state index contributed by atoms with van der Waals surface area (Å²) in [5, 5.41) is 12.0. The Morgan fingerprint density at radius 2 is 2.07 bits per heavy atom. The lowest BCUT2D eigenvalue weighted by Crippen LogP contribution is -2.35. The minimum atomic E-state index is -0.233. The molecule has 1 N–H and O–H groups in total. The van der Waals surface area contributed by atoms with Gasteiger partial charge in [0, 0.05) is 5.41 Å². The summed E-state index contributed by atoms with van der Waals surface area (Å²) in [6, 6.07) is 7.81. The summed E-state index contributed by atoms with van der Waals surface area (Å²) in [6.07, 6.45) is 0.836. The maximum atomic E-state index is 8.82. The van der Waals surface area contributed by atoms with Crippen LogP contribution >= 0.6 is 0 Å². The molecule has 0 aliphatic carbocycles. The second-order valence-electron chi connectivity index (χ2n) is 4.18. The van der Waals surface area contributed by atoms with Crippen molar-refractivity contribution >= 4 is 5.90 Å². The standard InChI is InChI=1S/C11H13NO2/c1-11(2)7-8-5-3-4-6-9(8)14-10(11)12-13/h3-6,13H,7H2,1-2H3. The molecule has 3 heteroatoms. The predicted octanol–water partition coefficient (Wildman–Crippen LogP) is 2.44. The molecule has 0 aromatic heterocycles. The zero-order valence-electron chi connectivity index (χ0n) is 8.32. The zero-order valence-corrected chi connectivity index (χ0v) is 8.32. The van der Waals surface area contributed by atoms with E-state index in [1.165, 1.54) is 0 Å². The lowest BCUT2D eigenvalue weighted by Gasteiger charge is -2.31. The van der Waals surface area contributed by atoms with Gasteiger partial charge in [0.05, 0.1) is 0 Å². The molecule has 3 nitrogen and oxygen atoms in total. The third-order valence-corrected chi connectivity index (χ3v) is 2.48. The molecule has 1 aliphatic rings. The Kier molecular flexibility index (Phi) is 1.95. The first kappa shape index (κ1) is 9.06. The predicted molar refractivity (Wildman–Crippen MR) is 53.8 cm³/mol. The van der Waals surface area contributed by atoms with E-state index in [1.54, 1.807) is 0 Å². The van der Waals surface area contributed by atoms with E-state index in [0.29, 0.717) is 5.90 Å². The molecule has 0 radical (unpaired) electrons. The topological polar surface area (TPSA) is 41.8 Å². The van der Waals surface area contributed by atoms with Gasteiger partial charge in [-0.25, -0.2) is 0 Å². The summed E-state index contributed by atoms with van der Waals surface area (Å²) < 4.78 is 5.50. The van der Waals surface area contributed by atoms with Crippen LogP contribution in [0.1, 0.15) is 19.4 Å². The van der Waals surface area contributed by atoms with Gasteiger partial charge in [0.1, 0.15) is 5.75 Å². The van der Waals surface area contributed by atoms with Crippen LogP contribution in [0.4, 0.5) is 0 Å². The number of fused-ring (bicyclic) bond motifs is 1. The highest BCUT2D eigenvalue weighted by molar-refractivity contribution is 5.85. The van der Waals surface area contributed by atoms with Crippen LogP contribution < -0.4 is 4.74 Å². The minimum absolute atomic E-state index is 0.233. The Morgan fingerprint density at radius 3 is 2.79 bits per heavy atom. The van der Waals surface area contributed by atoms with Crippen molar-refractivity contribution in [3.63, 3.8) is 0 Å². The van der Waals surface area contributed by atoms with Crippen molar-refractivity contribution in [1.29, 1.82) is 0 Å². The van der Waals surface area contributed by atoms with Crippen molar-refractivity contribution in [2.75, 3.05) is 0 Å². The van der Waals surface area contributed by atoms with E-state index in [2.05, 4.69) is 5.16 Å². The van der Waals surface area contributed by atoms with Crippen molar-refractivity contribution in [3.05, 3.63) is 29.8 Å². The van der Waals surface area contributed by atoms with Crippen LogP contribution in [0.5, 0.6) is 5.75 Å². The molecule has 0 atom stereocenters. The number of oxime groups is 1. The summed E-state index contributed by atoms with van der Waals surface area (Å²) in [6.45, 7) is 4.00. The second kappa shape index (κ2) is 3.01. The first-order chi connectivity index (χ1) is 6.63. The SMILES string of the molecule is CC1(C)Cc2ccccc2OC1=NO. The van der Waals surface area contributed by atoms with Gasteiger partial charge in [-0.15, -0.1) is 0 Å². The number of nitrogens with zero attached hydrogens (tertiary/aromatic N) is 1. The molecule has 1 aromatic carbocycles. The van der Waals surface area contributed by atoms with Crippen molar-refractivity contribution in [1.82, 2.24) is 0 Å². The molecule has 0 unspecified atom stereocenters. The van der Waals surface area contributed by atoms with Crippen LogP contribution in [-0.2, 0) is 6.42 Å². The van der Waals surface area contributed by atoms with E-state index in [-0.39, 0.29) is 5.41 Å². The lowest BCUT2D eigenvalue weighted by molar-refractivity contribution is 0.271. The molecule has 0 saturated heterocycles. The van der Waals surface area contributed by atoms with E-state index in [0.717, 1.165) is 17.7 Å². The van der Waals surface area contributed by atoms with Crippen molar-refractivity contribution in [2.45, 2.75) is 20.3 Å². The molecular weight excluding hydrogens is 178 g/mol. The summed E-state index contributed by atoms with van der Waals surface area (Å²) in [5.41, 5.74) is 0.924.